The van der Waals surface area contributed by atoms with Gasteiger partial charge in [-0.25, -0.2) is 0 Å². The molecule has 2 aliphatic rings. The number of ether oxygens (including phenoxy) is 1. The second kappa shape index (κ2) is 6.45. The Kier molecular flexibility index (Phi) is 4.60. The van der Waals surface area contributed by atoms with E-state index >= 15 is 0 Å². The molecule has 1 saturated heterocycles. The van der Waals surface area contributed by atoms with E-state index in [2.05, 4.69) is 18.0 Å². The van der Waals surface area contributed by atoms with Crippen LogP contribution in [-0.2, 0) is 11.2 Å². The maximum absolute atomic E-state index is 6.65. The molecule has 2 N–H and O–H groups in total. The Hall–Kier alpha value is -0.930. The zero-order valence-corrected chi connectivity index (χ0v) is 13.2. The van der Waals surface area contributed by atoms with Gasteiger partial charge in [0.2, 0.25) is 0 Å². The summed E-state index contributed by atoms with van der Waals surface area (Å²) in [5, 5.41) is 0. The molecule has 1 saturated carbocycles. The van der Waals surface area contributed by atoms with Gasteiger partial charge in [0.1, 0.15) is 0 Å². The van der Waals surface area contributed by atoms with Crippen LogP contribution in [0.3, 0.4) is 0 Å². The Morgan fingerprint density at radius 3 is 2.95 bits per heavy atom. The van der Waals surface area contributed by atoms with E-state index in [9.17, 15) is 0 Å². The number of hydrogen-bond acceptors (Lipinski definition) is 3. The zero-order chi connectivity index (χ0) is 14.7. The van der Waals surface area contributed by atoms with E-state index in [1.54, 1.807) is 0 Å². The molecule has 2 fully saturated rings. The molecule has 0 aromatic carbocycles. The first-order valence-electron chi connectivity index (χ1n) is 8.56. The van der Waals surface area contributed by atoms with Crippen molar-refractivity contribution in [2.45, 2.75) is 69.9 Å². The summed E-state index contributed by atoms with van der Waals surface area (Å²) < 4.78 is 6.21. The van der Waals surface area contributed by atoms with E-state index in [0.29, 0.717) is 5.92 Å². The fourth-order valence-corrected chi connectivity index (χ4v) is 4.23. The summed E-state index contributed by atoms with van der Waals surface area (Å²) in [5.41, 5.74) is 9.39. The summed E-state index contributed by atoms with van der Waals surface area (Å²) in [5.74, 6) is 0.546. The molecule has 2 atom stereocenters. The lowest BCUT2D eigenvalue weighted by Crippen LogP contribution is -2.44. The Bertz CT molecular complexity index is 463. The molecule has 1 aliphatic carbocycles. The summed E-state index contributed by atoms with van der Waals surface area (Å²) in [6, 6.07) is 2.25. The van der Waals surface area contributed by atoms with Gasteiger partial charge in [-0.15, -0.1) is 0 Å². The topological polar surface area (TPSA) is 48.1 Å². The van der Waals surface area contributed by atoms with E-state index in [-0.39, 0.29) is 11.6 Å². The predicted molar refractivity (Wildman–Crippen MR) is 85.0 cm³/mol. The van der Waals surface area contributed by atoms with E-state index in [1.165, 1.54) is 43.2 Å². The predicted octanol–water partition coefficient (Wildman–Crippen LogP) is 3.77. The standard InChI is InChI=1S/C18H28N2O/c1-2-14-13-20-10-6-16(14)17(19)15-7-11-21-18(12-15)8-4-3-5-9-18/h6,10,13,15,17H,2-5,7-9,11-12,19H2,1H3. The van der Waals surface area contributed by atoms with E-state index in [1.807, 2.05) is 12.4 Å². The molecule has 0 radical (unpaired) electrons. The van der Waals surface area contributed by atoms with Crippen molar-refractivity contribution >= 4 is 0 Å². The highest BCUT2D eigenvalue weighted by Gasteiger charge is 2.40. The Morgan fingerprint density at radius 1 is 1.38 bits per heavy atom. The number of nitrogens with zero attached hydrogens (tertiary/aromatic N) is 1. The lowest BCUT2D eigenvalue weighted by Gasteiger charge is -2.45. The normalized spacial score (nSPS) is 26.7. The van der Waals surface area contributed by atoms with Crippen molar-refractivity contribution < 1.29 is 4.74 Å². The molecular formula is C18H28N2O. The van der Waals surface area contributed by atoms with Crippen molar-refractivity contribution in [3.8, 4) is 0 Å². The minimum atomic E-state index is 0.130. The van der Waals surface area contributed by atoms with Gasteiger partial charge in [0.25, 0.3) is 0 Å². The third-order valence-electron chi connectivity index (χ3n) is 5.49. The summed E-state index contributed by atoms with van der Waals surface area (Å²) in [4.78, 5) is 4.25. The van der Waals surface area contributed by atoms with Gasteiger partial charge >= 0.3 is 0 Å². The first-order valence-corrected chi connectivity index (χ1v) is 8.56. The van der Waals surface area contributed by atoms with Gasteiger partial charge in [0, 0.05) is 25.0 Å². The van der Waals surface area contributed by atoms with Crippen molar-refractivity contribution in [1.82, 2.24) is 4.98 Å². The van der Waals surface area contributed by atoms with Crippen LogP contribution in [0.4, 0.5) is 0 Å². The zero-order valence-electron chi connectivity index (χ0n) is 13.2. The van der Waals surface area contributed by atoms with Crippen LogP contribution in [0.25, 0.3) is 0 Å². The first-order chi connectivity index (χ1) is 10.2. The third-order valence-corrected chi connectivity index (χ3v) is 5.49. The molecule has 0 bridgehead atoms. The molecular weight excluding hydrogens is 260 g/mol. The van der Waals surface area contributed by atoms with Crippen molar-refractivity contribution in [1.29, 1.82) is 0 Å². The van der Waals surface area contributed by atoms with E-state index in [0.717, 1.165) is 25.9 Å². The summed E-state index contributed by atoms with van der Waals surface area (Å²) in [7, 11) is 0. The number of rotatable bonds is 3. The minimum Gasteiger partial charge on any atom is -0.375 e. The van der Waals surface area contributed by atoms with Crippen molar-refractivity contribution in [2.24, 2.45) is 11.7 Å². The fraction of sp³-hybridized carbons (Fsp3) is 0.722. The van der Waals surface area contributed by atoms with Crippen LogP contribution >= 0.6 is 0 Å². The van der Waals surface area contributed by atoms with Gasteiger partial charge in [-0.2, -0.15) is 0 Å². The van der Waals surface area contributed by atoms with E-state index < -0.39 is 0 Å². The number of pyridine rings is 1. The summed E-state index contributed by atoms with van der Waals surface area (Å²) in [6.07, 6.45) is 13.6. The maximum Gasteiger partial charge on any atom is 0.0685 e. The smallest absolute Gasteiger partial charge is 0.0685 e. The fourth-order valence-electron chi connectivity index (χ4n) is 4.23. The third kappa shape index (κ3) is 3.14. The van der Waals surface area contributed by atoms with Crippen molar-refractivity contribution in [3.05, 3.63) is 29.6 Å². The summed E-state index contributed by atoms with van der Waals surface area (Å²) >= 11 is 0. The molecule has 3 nitrogen and oxygen atoms in total. The highest BCUT2D eigenvalue weighted by Crippen LogP contribution is 2.43. The first kappa shape index (κ1) is 15.0. The maximum atomic E-state index is 6.65. The van der Waals surface area contributed by atoms with Crippen molar-refractivity contribution in [3.63, 3.8) is 0 Å². The number of hydrogen-bond donors (Lipinski definition) is 1. The van der Waals surface area contributed by atoms with Crippen LogP contribution in [0.15, 0.2) is 18.5 Å². The molecule has 1 aromatic heterocycles. The van der Waals surface area contributed by atoms with Gasteiger partial charge in [0.15, 0.2) is 0 Å². The Morgan fingerprint density at radius 2 is 2.19 bits per heavy atom. The molecule has 3 rings (SSSR count). The van der Waals surface area contributed by atoms with Gasteiger partial charge in [-0.3, -0.25) is 4.98 Å². The van der Waals surface area contributed by atoms with Gasteiger partial charge in [-0.1, -0.05) is 26.2 Å². The monoisotopic (exact) mass is 288 g/mol. The van der Waals surface area contributed by atoms with Gasteiger partial charge < -0.3 is 10.5 Å². The number of aryl methyl sites for hydroxylation is 1. The van der Waals surface area contributed by atoms with Gasteiger partial charge in [-0.05, 0) is 55.2 Å². The Balaban J connectivity index is 1.76. The second-order valence-corrected chi connectivity index (χ2v) is 6.80. The highest BCUT2D eigenvalue weighted by molar-refractivity contribution is 5.27. The van der Waals surface area contributed by atoms with Crippen LogP contribution in [0, 0.1) is 5.92 Å². The van der Waals surface area contributed by atoms with Crippen LogP contribution in [0.5, 0.6) is 0 Å². The van der Waals surface area contributed by atoms with E-state index in [4.69, 9.17) is 10.5 Å². The largest absolute Gasteiger partial charge is 0.375 e. The molecule has 1 aliphatic heterocycles. The molecule has 2 unspecified atom stereocenters. The minimum absolute atomic E-state index is 0.130. The molecule has 116 valence electrons. The number of aromatic nitrogens is 1. The molecule has 1 spiro atoms. The lowest BCUT2D eigenvalue weighted by atomic mass is 9.73. The quantitative estimate of drug-likeness (QED) is 0.921. The Labute approximate surface area is 128 Å². The molecule has 0 amide bonds. The average Bonchev–Trinajstić information content (AvgIpc) is 2.55. The molecule has 21 heavy (non-hydrogen) atoms. The average molecular weight is 288 g/mol. The second-order valence-electron chi connectivity index (χ2n) is 6.80. The van der Waals surface area contributed by atoms with Crippen LogP contribution in [0.1, 0.15) is 69.0 Å². The van der Waals surface area contributed by atoms with Gasteiger partial charge in [0.05, 0.1) is 5.60 Å². The van der Waals surface area contributed by atoms with Crippen LogP contribution in [0.2, 0.25) is 0 Å². The SMILES string of the molecule is CCc1cnccc1C(N)C1CCOC2(CCCCC2)C1. The van der Waals surface area contributed by atoms with Crippen LogP contribution in [-0.4, -0.2) is 17.2 Å². The number of nitrogens with two attached hydrogens (primary N) is 1. The van der Waals surface area contributed by atoms with Crippen LogP contribution < -0.4 is 5.73 Å². The molecule has 1 aromatic rings. The molecule has 2 heterocycles. The van der Waals surface area contributed by atoms with Crippen molar-refractivity contribution in [2.75, 3.05) is 6.61 Å². The highest BCUT2D eigenvalue weighted by atomic mass is 16.5. The summed E-state index contributed by atoms with van der Waals surface area (Å²) in [6.45, 7) is 3.06. The lowest BCUT2D eigenvalue weighted by molar-refractivity contribution is -0.120. The molecule has 3 heteroatoms.